The normalized spacial score (nSPS) is 23.7. The average Bonchev–Trinajstić information content (AvgIpc) is 3.68. The Morgan fingerprint density at radius 3 is 2.12 bits per heavy atom. The number of nitrogens with one attached hydrogen (secondary N) is 2. The second-order valence-electron chi connectivity index (χ2n) is 17.2. The maximum atomic E-state index is 14.7. The van der Waals surface area contributed by atoms with E-state index in [-0.39, 0.29) is 37.1 Å². The Morgan fingerprint density at radius 1 is 0.839 bits per heavy atom. The molecule has 2 atom stereocenters. The fourth-order valence-electron chi connectivity index (χ4n) is 9.66. The standard InChI is InChI=1S/C42H52N8O6/c1-41(2,3)42(38-30-9-7-27(23-33(30)48(5)46-38)25-13-18-43-19-14-25)17-12-35(52)50(40(42)55)56-36(53)24-49-20-15-26(16-21-49)28-6-8-29-32(22-28)47(4)45-37(29)31-10-11-34(51)44-39(31)54/h6-9,22-23,25-26,31,43H,10-21,24H2,1-5H3,(H,44,51,54). The van der Waals surface area contributed by atoms with Gasteiger partial charge < -0.3 is 10.2 Å². The van der Waals surface area contributed by atoms with Crippen LogP contribution in [0.25, 0.3) is 21.8 Å². The highest BCUT2D eigenvalue weighted by Gasteiger charge is 2.59. The Morgan fingerprint density at radius 2 is 1.46 bits per heavy atom. The van der Waals surface area contributed by atoms with Crippen LogP contribution < -0.4 is 10.6 Å². The van der Waals surface area contributed by atoms with Crippen molar-refractivity contribution >= 4 is 51.4 Å². The van der Waals surface area contributed by atoms with Gasteiger partial charge in [-0.2, -0.15) is 10.2 Å². The quantitative estimate of drug-likeness (QED) is 0.261. The largest absolute Gasteiger partial charge is 0.347 e. The van der Waals surface area contributed by atoms with Crippen LogP contribution in [0, 0.1) is 5.41 Å². The number of hydroxylamine groups is 2. The van der Waals surface area contributed by atoms with Gasteiger partial charge in [-0.25, -0.2) is 4.79 Å². The molecule has 4 aliphatic rings. The number of rotatable bonds is 7. The Labute approximate surface area is 326 Å². The molecule has 4 amide bonds. The minimum Gasteiger partial charge on any atom is -0.329 e. The van der Waals surface area contributed by atoms with E-state index in [1.807, 2.05) is 50.5 Å². The number of piperidine rings is 4. The molecule has 2 aromatic carbocycles. The molecule has 4 fully saturated rings. The third kappa shape index (κ3) is 6.59. The van der Waals surface area contributed by atoms with E-state index < -0.39 is 34.5 Å². The maximum Gasteiger partial charge on any atom is 0.347 e. The summed E-state index contributed by atoms with van der Waals surface area (Å²) in [5.74, 6) is -2.03. The molecule has 0 bridgehead atoms. The number of amides is 4. The Kier molecular flexibility index (Phi) is 9.84. The lowest BCUT2D eigenvalue weighted by molar-refractivity contribution is -0.213. The van der Waals surface area contributed by atoms with Crippen molar-refractivity contribution in [2.45, 2.75) is 95.3 Å². The van der Waals surface area contributed by atoms with Gasteiger partial charge in [0, 0.05) is 37.7 Å². The lowest BCUT2D eigenvalue weighted by atomic mass is 9.59. The summed E-state index contributed by atoms with van der Waals surface area (Å²) in [4.78, 5) is 73.5. The highest BCUT2D eigenvalue weighted by Crippen LogP contribution is 2.50. The molecule has 296 valence electrons. The number of aryl methyl sites for hydroxylation is 2. The lowest BCUT2D eigenvalue weighted by Crippen LogP contribution is -2.60. The Hall–Kier alpha value is -4.95. The van der Waals surface area contributed by atoms with Crippen LogP contribution in [0.1, 0.15) is 112 Å². The van der Waals surface area contributed by atoms with Gasteiger partial charge in [-0.3, -0.25) is 38.8 Å². The zero-order valence-electron chi connectivity index (χ0n) is 33.0. The SMILES string of the molecule is Cn1nc(C2CCC(=O)NC2=O)c2ccc(C3CCN(CC(=O)ON4C(=O)CCC(c5nn(C)c6cc(C7CCNCC7)ccc56)(C(C)(C)C)C4=O)CC3)cc21. The van der Waals surface area contributed by atoms with Crippen LogP contribution in [-0.2, 0) is 48.3 Å². The molecule has 4 saturated heterocycles. The molecule has 4 aromatic rings. The van der Waals surface area contributed by atoms with Gasteiger partial charge in [0.1, 0.15) is 5.41 Å². The Balaban J connectivity index is 0.945. The lowest BCUT2D eigenvalue weighted by Gasteiger charge is -2.46. The van der Waals surface area contributed by atoms with Crippen molar-refractivity contribution in [3.05, 3.63) is 58.9 Å². The summed E-state index contributed by atoms with van der Waals surface area (Å²) in [6, 6.07) is 12.6. The molecule has 14 heteroatoms. The minimum atomic E-state index is -1.20. The molecule has 0 saturated carbocycles. The molecular weight excluding hydrogens is 713 g/mol. The van der Waals surface area contributed by atoms with Crippen molar-refractivity contribution in [1.82, 2.24) is 40.2 Å². The molecule has 8 rings (SSSR count). The van der Waals surface area contributed by atoms with E-state index in [4.69, 9.17) is 9.94 Å². The van der Waals surface area contributed by atoms with Crippen LogP contribution in [0.2, 0.25) is 0 Å². The molecule has 4 aliphatic heterocycles. The van der Waals surface area contributed by atoms with Crippen LogP contribution in [0.3, 0.4) is 0 Å². The highest BCUT2D eigenvalue weighted by atomic mass is 16.7. The van der Waals surface area contributed by atoms with E-state index in [1.165, 1.54) is 5.56 Å². The number of carbonyl (C=O) groups excluding carboxylic acids is 5. The van der Waals surface area contributed by atoms with E-state index in [0.717, 1.165) is 71.2 Å². The molecule has 2 aromatic heterocycles. The highest BCUT2D eigenvalue weighted by molar-refractivity contribution is 6.06. The van der Waals surface area contributed by atoms with Crippen LogP contribution in [0.4, 0.5) is 0 Å². The van der Waals surface area contributed by atoms with E-state index in [9.17, 15) is 24.0 Å². The summed E-state index contributed by atoms with van der Waals surface area (Å²) in [7, 11) is 3.76. The van der Waals surface area contributed by atoms with E-state index in [1.54, 1.807) is 4.68 Å². The Bertz CT molecular complexity index is 2240. The van der Waals surface area contributed by atoms with Gasteiger partial charge in [-0.15, -0.1) is 5.06 Å². The molecule has 6 heterocycles. The molecule has 56 heavy (non-hydrogen) atoms. The number of nitrogens with zero attached hydrogens (tertiary/aromatic N) is 6. The van der Waals surface area contributed by atoms with Gasteiger partial charge in [0.2, 0.25) is 11.8 Å². The number of carbonyl (C=O) groups is 5. The van der Waals surface area contributed by atoms with Crippen LogP contribution in [0.5, 0.6) is 0 Å². The molecule has 0 spiro atoms. The van der Waals surface area contributed by atoms with E-state index in [0.29, 0.717) is 43.2 Å². The number of fused-ring (bicyclic) bond motifs is 2. The first-order valence-electron chi connectivity index (χ1n) is 20.0. The van der Waals surface area contributed by atoms with Crippen LogP contribution >= 0.6 is 0 Å². The van der Waals surface area contributed by atoms with Crippen molar-refractivity contribution in [1.29, 1.82) is 0 Å². The number of imide groups is 2. The van der Waals surface area contributed by atoms with Crippen molar-refractivity contribution in [2.75, 3.05) is 32.7 Å². The van der Waals surface area contributed by atoms with Gasteiger partial charge in [0.25, 0.3) is 11.8 Å². The van der Waals surface area contributed by atoms with Gasteiger partial charge in [-0.1, -0.05) is 45.0 Å². The molecular formula is C42H52N8O6. The molecule has 2 unspecified atom stereocenters. The predicted molar refractivity (Wildman–Crippen MR) is 208 cm³/mol. The number of aromatic nitrogens is 4. The van der Waals surface area contributed by atoms with E-state index >= 15 is 0 Å². The first-order valence-corrected chi connectivity index (χ1v) is 20.0. The summed E-state index contributed by atoms with van der Waals surface area (Å²) in [5, 5.41) is 18.0. The first kappa shape index (κ1) is 37.9. The fourth-order valence-corrected chi connectivity index (χ4v) is 9.66. The topological polar surface area (TPSA) is 161 Å². The molecule has 14 nitrogen and oxygen atoms in total. The summed E-state index contributed by atoms with van der Waals surface area (Å²) in [6.45, 7) is 9.16. The van der Waals surface area contributed by atoms with Gasteiger partial charge in [0.15, 0.2) is 0 Å². The zero-order chi connectivity index (χ0) is 39.5. The summed E-state index contributed by atoms with van der Waals surface area (Å²) in [6.07, 6.45) is 4.79. The monoisotopic (exact) mass is 764 g/mol. The summed E-state index contributed by atoms with van der Waals surface area (Å²) >= 11 is 0. The smallest absolute Gasteiger partial charge is 0.329 e. The maximum absolute atomic E-state index is 14.7. The minimum absolute atomic E-state index is 0.0446. The number of hydrogen-bond donors (Lipinski definition) is 2. The van der Waals surface area contributed by atoms with E-state index in [2.05, 4.69) is 46.1 Å². The van der Waals surface area contributed by atoms with Crippen molar-refractivity contribution in [3.63, 3.8) is 0 Å². The van der Waals surface area contributed by atoms with Crippen LogP contribution in [0.15, 0.2) is 36.4 Å². The van der Waals surface area contributed by atoms with Gasteiger partial charge in [-0.05, 0) is 105 Å². The van der Waals surface area contributed by atoms with Crippen molar-refractivity contribution < 1.29 is 28.8 Å². The van der Waals surface area contributed by atoms with Crippen molar-refractivity contribution in [2.24, 2.45) is 19.5 Å². The fraction of sp³-hybridized carbons (Fsp3) is 0.548. The predicted octanol–water partition coefficient (Wildman–Crippen LogP) is 4.22. The second kappa shape index (κ2) is 14.5. The third-order valence-electron chi connectivity index (χ3n) is 12.9. The number of benzene rings is 2. The number of hydrogen-bond acceptors (Lipinski definition) is 10. The third-order valence-corrected chi connectivity index (χ3v) is 12.9. The second-order valence-corrected chi connectivity index (χ2v) is 17.2. The average molecular weight is 765 g/mol. The van der Waals surface area contributed by atoms with Gasteiger partial charge in [0.05, 0.1) is 34.9 Å². The molecule has 0 radical (unpaired) electrons. The molecule has 2 N–H and O–H groups in total. The first-order chi connectivity index (χ1) is 26.7. The summed E-state index contributed by atoms with van der Waals surface area (Å²) < 4.78 is 3.63. The molecule has 0 aliphatic carbocycles. The summed E-state index contributed by atoms with van der Waals surface area (Å²) in [5.41, 5.74) is 3.72. The number of likely N-dealkylation sites (tertiary alicyclic amines) is 1. The van der Waals surface area contributed by atoms with Gasteiger partial charge >= 0.3 is 5.97 Å². The van der Waals surface area contributed by atoms with Crippen LogP contribution in [-0.4, -0.2) is 91.8 Å². The van der Waals surface area contributed by atoms with Crippen molar-refractivity contribution in [3.8, 4) is 0 Å². The zero-order valence-corrected chi connectivity index (χ0v) is 33.0.